The molecule has 22 unspecified atom stereocenters. The Hall–Kier alpha value is -5.37. The van der Waals surface area contributed by atoms with Crippen LogP contribution in [0.25, 0.3) is 97.3 Å². The molecule has 1 saturated carbocycles. The first-order valence-electron chi connectivity index (χ1n) is 31.1. The molecule has 34 rings (SSSR count). The molecule has 1 heterocycles. The number of hydrogen-bond donors (Lipinski definition) is 0. The maximum Gasteiger partial charge on any atom is 0.0645 e. The fourth-order valence-corrected chi connectivity index (χ4v) is 35.5. The molecule has 1 fully saturated rings. The predicted octanol–water partition coefficient (Wildman–Crippen LogP) is 16.9. The fraction of sp³-hybridized carbons (Fsp3) is 0.405. The van der Waals surface area contributed by atoms with Gasteiger partial charge < -0.3 is 0 Å². The van der Waals surface area contributed by atoms with Gasteiger partial charge in [-0.3, -0.25) is 0 Å². The van der Waals surface area contributed by atoms with E-state index in [1.807, 2.05) is 180 Å². The monoisotopic (exact) mass is 960 g/mol. The molecular formula is C74H40S. The zero-order valence-corrected chi connectivity index (χ0v) is 42.5. The first-order chi connectivity index (χ1) is 37.0. The van der Waals surface area contributed by atoms with E-state index in [1.54, 1.807) is 5.56 Å². The molecule has 0 bridgehead atoms. The summed E-state index contributed by atoms with van der Waals surface area (Å²) in [6, 6.07) is 5.78. The highest BCUT2D eigenvalue weighted by Gasteiger charge is 2.89. The van der Waals surface area contributed by atoms with Crippen LogP contribution < -0.4 is 0 Å². The van der Waals surface area contributed by atoms with Crippen LogP contribution in [-0.2, 0) is 23.0 Å². The van der Waals surface area contributed by atoms with E-state index in [4.69, 9.17) is 0 Å². The van der Waals surface area contributed by atoms with Gasteiger partial charge in [0.15, 0.2) is 0 Å². The third-order valence-electron chi connectivity index (χ3n) is 31.8. The SMILES string of the molecule is CC(C)Cc1ccc2c(c1CC(C)C)SC13c4c5c6c7c8c9c%10c%11c%12c%13c%14c%15c(c%16c%13c%10c7c4-%16)C21C1C%15C2c4c7c%10c%13c%15c%16c%17c%18c%19c%20c%21c%22c%23c(c4c4c%22c%19c%16c%104)C2C%14C%12C%23C%21C%11C9C%20C%18C8C6C%17C%15C5C3C%13C71. The van der Waals surface area contributed by atoms with Crippen molar-refractivity contribution in [3.8, 4) is 11.1 Å². The minimum absolute atomic E-state index is 0.0165. The van der Waals surface area contributed by atoms with Crippen molar-refractivity contribution in [1.82, 2.24) is 0 Å². The van der Waals surface area contributed by atoms with Gasteiger partial charge in [-0.2, -0.15) is 0 Å². The average Bonchev–Trinajstić information content (AvgIpc) is 3.12. The smallest absolute Gasteiger partial charge is 0.0645 e. The molecule has 75 heavy (non-hydrogen) atoms. The first kappa shape index (κ1) is 31.8. The van der Waals surface area contributed by atoms with Crippen molar-refractivity contribution in [2.45, 2.75) is 162 Å². The Bertz CT molecular complexity index is 5630. The van der Waals surface area contributed by atoms with Crippen LogP contribution in [-0.4, -0.2) is 0 Å². The highest BCUT2D eigenvalue weighted by molar-refractivity contribution is 8.00. The van der Waals surface area contributed by atoms with Gasteiger partial charge in [0.1, 0.15) is 0 Å². The number of fused-ring (bicyclic) bond motifs is 1. The summed E-state index contributed by atoms with van der Waals surface area (Å²) >= 11 is 2.67. The Morgan fingerprint density at radius 3 is 1.09 bits per heavy atom. The molecule has 0 aromatic heterocycles. The maximum absolute atomic E-state index is 2.96. The number of hydrogen-bond acceptors (Lipinski definition) is 1. The molecule has 22 aliphatic carbocycles. The van der Waals surface area contributed by atoms with Crippen molar-refractivity contribution in [3.05, 3.63) is 140 Å². The number of thioether (sulfide) groups is 1. The van der Waals surface area contributed by atoms with Gasteiger partial charge in [-0.15, -0.1) is 11.8 Å². The summed E-state index contributed by atoms with van der Waals surface area (Å²) in [5.74, 6) is 14.6. The average molecular weight is 961 g/mol. The van der Waals surface area contributed by atoms with Crippen LogP contribution in [0.1, 0.15) is 262 Å². The molecule has 0 amide bonds. The summed E-state index contributed by atoms with van der Waals surface area (Å²) in [6.07, 6.45) is 2.46. The number of rotatable bonds is 4. The van der Waals surface area contributed by atoms with E-state index in [2.05, 4.69) is 96.1 Å². The highest BCUT2D eigenvalue weighted by atomic mass is 32.2. The van der Waals surface area contributed by atoms with Crippen LogP contribution in [0, 0.1) is 23.7 Å². The minimum atomic E-state index is 0.0165. The topological polar surface area (TPSA) is 0 Å². The van der Waals surface area contributed by atoms with Crippen molar-refractivity contribution in [2.75, 3.05) is 0 Å². The molecule has 23 aliphatic rings. The van der Waals surface area contributed by atoms with Gasteiger partial charge in [0.2, 0.25) is 0 Å². The lowest BCUT2D eigenvalue weighted by molar-refractivity contribution is 0.0341. The van der Waals surface area contributed by atoms with Crippen LogP contribution in [0.5, 0.6) is 0 Å². The lowest BCUT2D eigenvalue weighted by Gasteiger charge is -2.65. The normalized spacial score (nSPS) is 45.7. The molecule has 342 valence electrons. The Morgan fingerprint density at radius 1 is 0.333 bits per heavy atom. The highest BCUT2D eigenvalue weighted by Crippen LogP contribution is 3.01. The van der Waals surface area contributed by atoms with Crippen LogP contribution in [0.15, 0.2) is 17.0 Å². The van der Waals surface area contributed by atoms with Gasteiger partial charge in [-0.05, 0) is 368 Å². The predicted molar refractivity (Wildman–Crippen MR) is 294 cm³/mol. The Balaban J connectivity index is 0.968. The van der Waals surface area contributed by atoms with Crippen LogP contribution in [0.4, 0.5) is 0 Å². The molecule has 11 aromatic rings. The van der Waals surface area contributed by atoms with Gasteiger partial charge in [-0.25, -0.2) is 0 Å². The molecule has 0 radical (unpaired) electrons. The van der Waals surface area contributed by atoms with Crippen molar-refractivity contribution >= 4 is 97.9 Å². The summed E-state index contributed by atoms with van der Waals surface area (Å²) in [6.45, 7) is 10.2. The van der Waals surface area contributed by atoms with Crippen molar-refractivity contribution in [3.63, 3.8) is 0 Å². The van der Waals surface area contributed by atoms with Crippen molar-refractivity contribution < 1.29 is 0 Å². The van der Waals surface area contributed by atoms with Gasteiger partial charge in [0.05, 0.1) is 4.75 Å². The first-order valence-corrected chi connectivity index (χ1v) is 31.9. The molecule has 0 nitrogen and oxygen atoms in total. The van der Waals surface area contributed by atoms with Gasteiger partial charge in [-0.1, -0.05) is 39.8 Å². The van der Waals surface area contributed by atoms with Crippen LogP contribution >= 0.6 is 11.8 Å². The molecule has 11 aromatic carbocycles. The largest absolute Gasteiger partial charge is 0.112 e. The molecule has 2 spiro atoms. The zero-order chi connectivity index (χ0) is 45.5. The third-order valence-corrected chi connectivity index (χ3v) is 33.6. The fourth-order valence-electron chi connectivity index (χ4n) is 33.2. The summed E-state index contributed by atoms with van der Waals surface area (Å²) in [5, 5.41) is 30.9. The quantitative estimate of drug-likeness (QED) is 0.158. The van der Waals surface area contributed by atoms with Gasteiger partial charge in [0, 0.05) is 10.3 Å². The second kappa shape index (κ2) is 7.57. The van der Waals surface area contributed by atoms with E-state index in [-0.39, 0.29) is 10.2 Å². The van der Waals surface area contributed by atoms with Crippen LogP contribution in [0.2, 0.25) is 0 Å². The molecule has 1 heteroatoms. The third kappa shape index (κ3) is 1.87. The Labute approximate surface area is 432 Å². The van der Waals surface area contributed by atoms with E-state index in [9.17, 15) is 0 Å². The summed E-state index contributed by atoms with van der Waals surface area (Å²) in [4.78, 5) is 1.85. The molecule has 22 atom stereocenters. The van der Waals surface area contributed by atoms with E-state index >= 15 is 0 Å². The second-order valence-corrected chi connectivity index (χ2v) is 33.6. The van der Waals surface area contributed by atoms with E-state index < -0.39 is 0 Å². The number of benzene rings is 10. The van der Waals surface area contributed by atoms with Crippen LogP contribution in [0.3, 0.4) is 0 Å². The standard InChI is InChI=1S/C74H40S/c1-9(2)7-11-5-6-13-72(12(11)8-10(3)4)75-74-70-64-58-48-36-28-20-16-14-15-18-22(20)30(36)40-34-26(18)27-19(15)23-21-17(14)25-24(16)32-38(28)46-52-42(32)43-33(25)39-29(21)37-31(23)41-35(27)45-44(34)56(50(40)58)66(70)67-57(45)51(41)59-49(37)55-47(39)53(43)61-60(52)68(62(64)54(46)48)73(13,74)69(61)63(55)65(59)71(67)74/h5-6,9-10,16,18,20,22,24,26,32,34,42-45,53,57,61,63,65,67,69,71H,7-8H2,1-4H3. The van der Waals surface area contributed by atoms with Gasteiger partial charge >= 0.3 is 0 Å². The maximum atomic E-state index is 2.96. The van der Waals surface area contributed by atoms with E-state index in [1.165, 1.54) is 12.8 Å². The lowest BCUT2D eigenvalue weighted by Crippen LogP contribution is -2.62. The Morgan fingerprint density at radius 2 is 0.653 bits per heavy atom. The molecule has 0 saturated heterocycles. The summed E-state index contributed by atoms with van der Waals surface area (Å²) in [5.41, 5.74) is 50.2. The molecular weight excluding hydrogens is 921 g/mol. The summed E-state index contributed by atoms with van der Waals surface area (Å²) in [7, 11) is 0. The van der Waals surface area contributed by atoms with E-state index in [0.29, 0.717) is 130 Å². The van der Waals surface area contributed by atoms with Gasteiger partial charge in [0.25, 0.3) is 0 Å². The Kier molecular flexibility index (Phi) is 3.21. The summed E-state index contributed by atoms with van der Waals surface area (Å²) < 4.78 is 0.0467. The van der Waals surface area contributed by atoms with Crippen molar-refractivity contribution in [1.29, 1.82) is 0 Å². The lowest BCUT2D eigenvalue weighted by atomic mass is 9.39. The minimum Gasteiger partial charge on any atom is -0.112 e. The van der Waals surface area contributed by atoms with E-state index in [0.717, 1.165) is 0 Å². The van der Waals surface area contributed by atoms with Crippen molar-refractivity contribution in [2.24, 2.45) is 23.7 Å². The molecule has 1 aliphatic heterocycles. The zero-order valence-electron chi connectivity index (χ0n) is 41.7. The second-order valence-electron chi connectivity index (χ2n) is 32.4. The molecule has 0 N–H and O–H groups in total.